The van der Waals surface area contributed by atoms with Gasteiger partial charge in [-0.05, 0) is 37.1 Å². The zero-order valence-electron chi connectivity index (χ0n) is 14.4. The number of nitrogens with one attached hydrogen (secondary N) is 1. The van der Waals surface area contributed by atoms with Crippen LogP contribution in [0.3, 0.4) is 0 Å². The van der Waals surface area contributed by atoms with Gasteiger partial charge in [0.25, 0.3) is 11.8 Å². The lowest BCUT2D eigenvalue weighted by Gasteiger charge is -2.17. The number of fused-ring (bicyclic) bond motifs is 1. The highest BCUT2D eigenvalue weighted by Crippen LogP contribution is 2.24. The van der Waals surface area contributed by atoms with Crippen LogP contribution < -0.4 is 5.32 Å². The Balaban J connectivity index is 1.51. The molecule has 1 aliphatic rings. The molecule has 0 radical (unpaired) electrons. The second-order valence-electron chi connectivity index (χ2n) is 6.22. The minimum absolute atomic E-state index is 0.107. The Morgan fingerprint density at radius 3 is 2.23 bits per heavy atom. The van der Waals surface area contributed by atoms with E-state index in [2.05, 4.69) is 21.2 Å². The van der Waals surface area contributed by atoms with Crippen LogP contribution in [0.25, 0.3) is 0 Å². The summed E-state index contributed by atoms with van der Waals surface area (Å²) in [5.74, 6) is -0.676. The number of hydrogen-bond donors (Lipinski definition) is 1. The lowest BCUT2D eigenvalue weighted by molar-refractivity contribution is -0.121. The maximum absolute atomic E-state index is 12.3. The van der Waals surface area contributed by atoms with Crippen LogP contribution in [0.1, 0.15) is 52.1 Å². The molecule has 1 atom stereocenters. The molecule has 1 N–H and O–H groups in total. The van der Waals surface area contributed by atoms with Crippen LogP contribution in [0.2, 0.25) is 0 Å². The number of amides is 3. The molecule has 0 unspecified atom stereocenters. The first-order valence-corrected chi connectivity index (χ1v) is 9.27. The maximum Gasteiger partial charge on any atom is 0.261 e. The van der Waals surface area contributed by atoms with Gasteiger partial charge in [0.2, 0.25) is 5.91 Å². The Morgan fingerprint density at radius 1 is 1.04 bits per heavy atom. The lowest BCUT2D eigenvalue weighted by atomic mass is 10.1. The molecule has 0 aliphatic carbocycles. The summed E-state index contributed by atoms with van der Waals surface area (Å²) >= 11 is 3.48. The van der Waals surface area contributed by atoms with E-state index in [9.17, 15) is 14.4 Å². The standard InChI is InChI=1S/C20H19BrN2O3/c1-13(14-7-4-5-10-17(14)21)22-18(24)11-6-12-23-19(25)15-8-2-3-9-16(15)20(23)26/h2-5,7-10,13H,6,11-12H2,1H3,(H,22,24)/t13-/m1/s1. The molecule has 1 aliphatic heterocycles. The molecule has 0 saturated heterocycles. The minimum atomic E-state index is -0.285. The number of nitrogens with zero attached hydrogens (tertiary/aromatic N) is 1. The summed E-state index contributed by atoms with van der Waals surface area (Å²) < 4.78 is 0.943. The average molecular weight is 415 g/mol. The second-order valence-corrected chi connectivity index (χ2v) is 7.08. The topological polar surface area (TPSA) is 66.5 Å². The van der Waals surface area contributed by atoms with Gasteiger partial charge in [0, 0.05) is 17.4 Å². The van der Waals surface area contributed by atoms with Crippen molar-refractivity contribution >= 4 is 33.7 Å². The van der Waals surface area contributed by atoms with E-state index in [-0.39, 0.29) is 36.7 Å². The SMILES string of the molecule is C[C@@H](NC(=O)CCCN1C(=O)c2ccccc2C1=O)c1ccccc1Br. The fourth-order valence-electron chi connectivity index (χ4n) is 3.06. The number of rotatable bonds is 6. The number of carbonyl (C=O) groups is 3. The molecule has 6 heteroatoms. The largest absolute Gasteiger partial charge is 0.350 e. The summed E-state index contributed by atoms with van der Waals surface area (Å²) in [5, 5.41) is 2.94. The van der Waals surface area contributed by atoms with Crippen molar-refractivity contribution in [2.75, 3.05) is 6.54 Å². The first-order valence-electron chi connectivity index (χ1n) is 8.48. The molecule has 26 heavy (non-hydrogen) atoms. The number of imide groups is 1. The van der Waals surface area contributed by atoms with E-state index >= 15 is 0 Å². The summed E-state index contributed by atoms with van der Waals surface area (Å²) in [4.78, 5) is 38.0. The van der Waals surface area contributed by atoms with E-state index in [1.54, 1.807) is 24.3 Å². The van der Waals surface area contributed by atoms with Crippen LogP contribution in [0.15, 0.2) is 53.0 Å². The fraction of sp³-hybridized carbons (Fsp3) is 0.250. The van der Waals surface area contributed by atoms with Gasteiger partial charge in [-0.15, -0.1) is 0 Å². The second kappa shape index (κ2) is 7.83. The quantitative estimate of drug-likeness (QED) is 0.732. The Labute approximate surface area is 160 Å². The van der Waals surface area contributed by atoms with Gasteiger partial charge in [-0.3, -0.25) is 19.3 Å². The molecule has 0 bridgehead atoms. The molecule has 0 aromatic heterocycles. The number of benzene rings is 2. The van der Waals surface area contributed by atoms with Crippen molar-refractivity contribution in [3.63, 3.8) is 0 Å². The van der Waals surface area contributed by atoms with Gasteiger partial charge >= 0.3 is 0 Å². The van der Waals surface area contributed by atoms with Crippen molar-refractivity contribution in [3.8, 4) is 0 Å². The van der Waals surface area contributed by atoms with E-state index in [0.29, 0.717) is 17.5 Å². The van der Waals surface area contributed by atoms with Gasteiger partial charge in [0.15, 0.2) is 0 Å². The third-order valence-electron chi connectivity index (χ3n) is 4.41. The highest BCUT2D eigenvalue weighted by molar-refractivity contribution is 9.10. The summed E-state index contributed by atoms with van der Waals surface area (Å²) in [5.41, 5.74) is 1.87. The van der Waals surface area contributed by atoms with E-state index in [1.807, 2.05) is 31.2 Å². The van der Waals surface area contributed by atoms with E-state index in [4.69, 9.17) is 0 Å². The van der Waals surface area contributed by atoms with Gasteiger partial charge in [-0.2, -0.15) is 0 Å². The van der Waals surface area contributed by atoms with Gasteiger partial charge < -0.3 is 5.32 Å². The average Bonchev–Trinajstić information content (AvgIpc) is 2.87. The van der Waals surface area contributed by atoms with Crippen molar-refractivity contribution < 1.29 is 14.4 Å². The number of hydrogen-bond acceptors (Lipinski definition) is 3. The summed E-state index contributed by atoms with van der Waals surface area (Å²) in [6.07, 6.45) is 0.683. The van der Waals surface area contributed by atoms with Crippen LogP contribution in [0, 0.1) is 0 Å². The first-order chi connectivity index (χ1) is 12.5. The van der Waals surface area contributed by atoms with Crippen molar-refractivity contribution in [1.82, 2.24) is 10.2 Å². The first kappa shape index (κ1) is 18.3. The van der Waals surface area contributed by atoms with E-state index in [1.165, 1.54) is 4.90 Å². The predicted molar refractivity (Wildman–Crippen MR) is 102 cm³/mol. The van der Waals surface area contributed by atoms with Crippen LogP contribution in [0.4, 0.5) is 0 Å². The summed E-state index contributed by atoms with van der Waals surface area (Å²) in [7, 11) is 0. The van der Waals surface area contributed by atoms with Crippen molar-refractivity contribution in [2.24, 2.45) is 0 Å². The van der Waals surface area contributed by atoms with Crippen molar-refractivity contribution in [2.45, 2.75) is 25.8 Å². The van der Waals surface area contributed by atoms with Gasteiger partial charge in [0.1, 0.15) is 0 Å². The summed E-state index contributed by atoms with van der Waals surface area (Å²) in [6, 6.07) is 14.4. The van der Waals surface area contributed by atoms with E-state index in [0.717, 1.165) is 10.0 Å². The van der Waals surface area contributed by atoms with Gasteiger partial charge in [0.05, 0.1) is 17.2 Å². The molecule has 3 amide bonds. The number of carbonyl (C=O) groups excluding carboxylic acids is 3. The van der Waals surface area contributed by atoms with Crippen LogP contribution >= 0.6 is 15.9 Å². The zero-order valence-corrected chi connectivity index (χ0v) is 16.0. The molecule has 0 fully saturated rings. The molecular weight excluding hydrogens is 396 g/mol. The zero-order chi connectivity index (χ0) is 18.7. The molecular formula is C20H19BrN2O3. The fourth-order valence-corrected chi connectivity index (χ4v) is 3.69. The Hall–Kier alpha value is -2.47. The van der Waals surface area contributed by atoms with Gasteiger partial charge in [-0.25, -0.2) is 0 Å². The highest BCUT2D eigenvalue weighted by atomic mass is 79.9. The van der Waals surface area contributed by atoms with Gasteiger partial charge in [-0.1, -0.05) is 46.3 Å². The molecule has 1 heterocycles. The monoisotopic (exact) mass is 414 g/mol. The smallest absolute Gasteiger partial charge is 0.261 e. The third kappa shape index (κ3) is 3.70. The van der Waals surface area contributed by atoms with Crippen molar-refractivity contribution in [3.05, 3.63) is 69.7 Å². The normalized spacial score (nSPS) is 14.3. The predicted octanol–water partition coefficient (Wildman–Crippen LogP) is 3.70. The molecule has 2 aromatic rings. The highest BCUT2D eigenvalue weighted by Gasteiger charge is 2.34. The molecule has 134 valence electrons. The van der Waals surface area contributed by atoms with Crippen LogP contribution in [-0.4, -0.2) is 29.2 Å². The third-order valence-corrected chi connectivity index (χ3v) is 5.14. The molecule has 0 saturated carbocycles. The molecule has 0 spiro atoms. The van der Waals surface area contributed by atoms with E-state index < -0.39 is 0 Å². The summed E-state index contributed by atoms with van der Waals surface area (Å²) in [6.45, 7) is 2.16. The molecule has 3 rings (SSSR count). The molecule has 2 aromatic carbocycles. The minimum Gasteiger partial charge on any atom is -0.350 e. The Kier molecular flexibility index (Phi) is 5.52. The Morgan fingerprint density at radius 2 is 1.62 bits per heavy atom. The lowest BCUT2D eigenvalue weighted by Crippen LogP contribution is -2.32. The maximum atomic E-state index is 12.3. The van der Waals surface area contributed by atoms with Crippen molar-refractivity contribution in [1.29, 1.82) is 0 Å². The number of halogens is 1. The molecule has 5 nitrogen and oxygen atoms in total. The van der Waals surface area contributed by atoms with Crippen LogP contribution in [0.5, 0.6) is 0 Å². The Bertz CT molecular complexity index is 831. The van der Waals surface area contributed by atoms with Crippen LogP contribution in [-0.2, 0) is 4.79 Å².